The molecule has 1 aliphatic heterocycles. The van der Waals surface area contributed by atoms with Gasteiger partial charge in [0.05, 0.1) is 23.3 Å². The number of ether oxygens (including phenoxy) is 1. The smallest absolute Gasteiger partial charge is 0.178 e. The fourth-order valence-corrected chi connectivity index (χ4v) is 5.12. The molecule has 1 atom stereocenters. The molecule has 3 aromatic heterocycles. The summed E-state index contributed by atoms with van der Waals surface area (Å²) in [5, 5.41) is 4.60. The van der Waals surface area contributed by atoms with Crippen LogP contribution in [0.4, 0.5) is 0 Å². The van der Waals surface area contributed by atoms with Crippen LogP contribution in [-0.2, 0) is 11.2 Å². The zero-order valence-electron chi connectivity index (χ0n) is 17.8. The topological polar surface area (TPSA) is 68.6 Å². The van der Waals surface area contributed by atoms with E-state index in [1.54, 1.807) is 0 Å². The Kier molecular flexibility index (Phi) is 4.60. The van der Waals surface area contributed by atoms with Gasteiger partial charge in [-0.3, -0.25) is 4.68 Å². The second-order valence-electron chi connectivity index (χ2n) is 8.90. The summed E-state index contributed by atoms with van der Waals surface area (Å²) < 4.78 is 7.54. The standard InChI is InChI=1S/C25H27N5O/c1-16-3-2-4-17-13-18(5-6-21(16)17)22-7-10-26-25-23(22)28-24(29-25)19-14-27-30(15-19)20-8-11-31-12-9-20/h5-7,10,13-16,20H,2-4,8-9,11-12H2,1H3,(H,26,28,29)/t16-/m1/s1. The lowest BCUT2D eigenvalue weighted by molar-refractivity contribution is 0.0662. The van der Waals surface area contributed by atoms with Crippen LogP contribution in [-0.4, -0.2) is 37.9 Å². The second-order valence-corrected chi connectivity index (χ2v) is 8.90. The molecule has 1 aliphatic carbocycles. The van der Waals surface area contributed by atoms with Gasteiger partial charge in [0.15, 0.2) is 5.65 Å². The lowest BCUT2D eigenvalue weighted by Gasteiger charge is -2.23. The van der Waals surface area contributed by atoms with Crippen molar-refractivity contribution in [2.45, 2.75) is 51.0 Å². The van der Waals surface area contributed by atoms with Crippen molar-refractivity contribution in [2.75, 3.05) is 13.2 Å². The van der Waals surface area contributed by atoms with Crippen molar-refractivity contribution in [2.24, 2.45) is 0 Å². The van der Waals surface area contributed by atoms with Gasteiger partial charge in [0.1, 0.15) is 5.82 Å². The number of aryl methyl sites for hydroxylation is 1. The van der Waals surface area contributed by atoms with Crippen LogP contribution in [0.15, 0.2) is 42.9 Å². The van der Waals surface area contributed by atoms with Gasteiger partial charge in [-0.1, -0.05) is 25.1 Å². The largest absolute Gasteiger partial charge is 0.381 e. The van der Waals surface area contributed by atoms with E-state index >= 15 is 0 Å². The minimum atomic E-state index is 0.401. The number of nitrogens with zero attached hydrogens (tertiary/aromatic N) is 4. The molecular formula is C25H27N5O. The van der Waals surface area contributed by atoms with E-state index in [1.165, 1.54) is 36.0 Å². The van der Waals surface area contributed by atoms with Crippen LogP contribution < -0.4 is 0 Å². The number of aromatic nitrogens is 5. The first-order valence-electron chi connectivity index (χ1n) is 11.4. The van der Waals surface area contributed by atoms with Crippen molar-refractivity contribution in [3.63, 3.8) is 0 Å². The number of aromatic amines is 1. The lowest BCUT2D eigenvalue weighted by atomic mass is 9.82. The Morgan fingerprint density at radius 1 is 1.10 bits per heavy atom. The fraction of sp³-hybridized carbons (Fsp3) is 0.400. The number of H-pyrrole nitrogens is 1. The van der Waals surface area contributed by atoms with Crippen molar-refractivity contribution >= 4 is 11.2 Å². The van der Waals surface area contributed by atoms with Crippen molar-refractivity contribution in [3.05, 3.63) is 54.0 Å². The average molecular weight is 414 g/mol. The zero-order chi connectivity index (χ0) is 20.8. The quantitative estimate of drug-likeness (QED) is 0.496. The van der Waals surface area contributed by atoms with Crippen LogP contribution in [0.25, 0.3) is 33.7 Å². The molecule has 0 saturated carbocycles. The molecule has 1 saturated heterocycles. The van der Waals surface area contributed by atoms with E-state index in [1.807, 2.05) is 12.4 Å². The van der Waals surface area contributed by atoms with Crippen LogP contribution in [0.3, 0.4) is 0 Å². The summed E-state index contributed by atoms with van der Waals surface area (Å²) in [4.78, 5) is 12.8. The van der Waals surface area contributed by atoms with Gasteiger partial charge in [-0.05, 0) is 60.8 Å². The number of hydrogen-bond donors (Lipinski definition) is 1. The second kappa shape index (κ2) is 7.61. The summed E-state index contributed by atoms with van der Waals surface area (Å²) in [7, 11) is 0. The van der Waals surface area contributed by atoms with Gasteiger partial charge in [-0.15, -0.1) is 0 Å². The van der Waals surface area contributed by atoms with Crippen LogP contribution in [0.1, 0.15) is 55.7 Å². The average Bonchev–Trinajstić information content (AvgIpc) is 3.47. The molecule has 6 heteroatoms. The molecular weight excluding hydrogens is 386 g/mol. The highest BCUT2D eigenvalue weighted by Crippen LogP contribution is 2.36. The minimum Gasteiger partial charge on any atom is -0.381 e. The molecule has 6 nitrogen and oxygen atoms in total. The predicted molar refractivity (Wildman–Crippen MR) is 121 cm³/mol. The number of imidazole rings is 1. The Labute approximate surface area is 181 Å². The van der Waals surface area contributed by atoms with Gasteiger partial charge in [0.25, 0.3) is 0 Å². The van der Waals surface area contributed by atoms with E-state index in [2.05, 4.69) is 57.1 Å². The molecule has 0 spiro atoms. The third kappa shape index (κ3) is 3.35. The van der Waals surface area contributed by atoms with Crippen molar-refractivity contribution in [3.8, 4) is 22.5 Å². The summed E-state index contributed by atoms with van der Waals surface area (Å²) in [5.41, 5.74) is 8.10. The molecule has 2 aliphatic rings. The third-order valence-corrected chi connectivity index (χ3v) is 6.90. The molecule has 0 radical (unpaired) electrons. The van der Waals surface area contributed by atoms with E-state index in [0.717, 1.165) is 54.2 Å². The van der Waals surface area contributed by atoms with Gasteiger partial charge in [-0.2, -0.15) is 5.10 Å². The summed E-state index contributed by atoms with van der Waals surface area (Å²) >= 11 is 0. The SMILES string of the molecule is C[C@@H]1CCCc2cc(-c3ccnc4nc(-c5cnn(C6CCOCC6)c5)[nH]c34)ccc21. The molecule has 6 rings (SSSR count). The Morgan fingerprint density at radius 2 is 2.00 bits per heavy atom. The first kappa shape index (κ1) is 18.8. The maximum Gasteiger partial charge on any atom is 0.178 e. The molecule has 1 aromatic carbocycles. The Bertz CT molecular complexity index is 1230. The monoisotopic (exact) mass is 413 g/mol. The molecule has 4 heterocycles. The van der Waals surface area contributed by atoms with Crippen LogP contribution >= 0.6 is 0 Å². The molecule has 4 aromatic rings. The van der Waals surface area contributed by atoms with Gasteiger partial charge >= 0.3 is 0 Å². The van der Waals surface area contributed by atoms with Gasteiger partial charge in [-0.25, -0.2) is 9.97 Å². The normalized spacial score (nSPS) is 19.6. The van der Waals surface area contributed by atoms with E-state index in [9.17, 15) is 0 Å². The molecule has 158 valence electrons. The molecule has 0 amide bonds. The van der Waals surface area contributed by atoms with E-state index in [-0.39, 0.29) is 0 Å². The summed E-state index contributed by atoms with van der Waals surface area (Å²) in [5.74, 6) is 1.47. The molecule has 1 fully saturated rings. The van der Waals surface area contributed by atoms with Crippen molar-refractivity contribution in [1.82, 2.24) is 24.7 Å². The van der Waals surface area contributed by atoms with Crippen LogP contribution in [0, 0.1) is 0 Å². The Morgan fingerprint density at radius 3 is 2.90 bits per heavy atom. The maximum atomic E-state index is 5.48. The van der Waals surface area contributed by atoms with E-state index in [4.69, 9.17) is 9.72 Å². The first-order chi connectivity index (χ1) is 15.3. The fourth-order valence-electron chi connectivity index (χ4n) is 5.12. The molecule has 0 bridgehead atoms. The lowest BCUT2D eigenvalue weighted by Crippen LogP contribution is -2.19. The zero-order valence-corrected chi connectivity index (χ0v) is 17.8. The van der Waals surface area contributed by atoms with E-state index < -0.39 is 0 Å². The number of pyridine rings is 1. The highest BCUT2D eigenvalue weighted by molar-refractivity contribution is 5.91. The number of nitrogens with one attached hydrogen (secondary N) is 1. The van der Waals surface area contributed by atoms with Gasteiger partial charge < -0.3 is 9.72 Å². The van der Waals surface area contributed by atoms with Crippen LogP contribution in [0.5, 0.6) is 0 Å². The highest BCUT2D eigenvalue weighted by atomic mass is 16.5. The predicted octanol–water partition coefficient (Wildman–Crippen LogP) is 5.28. The van der Waals surface area contributed by atoms with Gasteiger partial charge in [0.2, 0.25) is 0 Å². The number of benzene rings is 1. The van der Waals surface area contributed by atoms with Crippen LogP contribution in [0.2, 0.25) is 0 Å². The summed E-state index contributed by atoms with van der Waals surface area (Å²) in [6.45, 7) is 3.94. The van der Waals surface area contributed by atoms with Crippen molar-refractivity contribution < 1.29 is 4.74 Å². The maximum absolute atomic E-state index is 5.48. The Hall–Kier alpha value is -2.99. The Balaban J connectivity index is 1.37. The van der Waals surface area contributed by atoms with Crippen molar-refractivity contribution in [1.29, 1.82) is 0 Å². The number of hydrogen-bond acceptors (Lipinski definition) is 4. The number of rotatable bonds is 3. The first-order valence-corrected chi connectivity index (χ1v) is 11.4. The third-order valence-electron chi connectivity index (χ3n) is 6.90. The van der Waals surface area contributed by atoms with E-state index in [0.29, 0.717) is 12.0 Å². The molecule has 1 N–H and O–H groups in total. The summed E-state index contributed by atoms with van der Waals surface area (Å²) in [6.07, 6.45) is 11.6. The minimum absolute atomic E-state index is 0.401. The van der Waals surface area contributed by atoms with Gasteiger partial charge in [0, 0.05) is 31.2 Å². The number of fused-ring (bicyclic) bond motifs is 2. The molecule has 0 unspecified atom stereocenters. The summed E-state index contributed by atoms with van der Waals surface area (Å²) in [6, 6.07) is 9.42. The molecule has 31 heavy (non-hydrogen) atoms. The highest BCUT2D eigenvalue weighted by Gasteiger charge is 2.20.